The van der Waals surface area contributed by atoms with Gasteiger partial charge in [0.25, 0.3) is 0 Å². The van der Waals surface area contributed by atoms with Gasteiger partial charge in [0.15, 0.2) is 5.78 Å². The largest absolute Gasteiger partial charge is 0.399 e. The molecule has 0 saturated heterocycles. The minimum absolute atomic E-state index is 0.0961. The number of carbonyl (C=O) groups is 1. The number of rotatable bonds is 6. The summed E-state index contributed by atoms with van der Waals surface area (Å²) in [6.45, 7) is 1.64. The lowest BCUT2D eigenvalue weighted by molar-refractivity contribution is 0.101. The fourth-order valence-electron chi connectivity index (χ4n) is 5.85. The van der Waals surface area contributed by atoms with Gasteiger partial charge in [-0.1, -0.05) is 54.6 Å². The Morgan fingerprint density at radius 2 is 1.34 bits per heavy atom. The molecule has 3 aromatic heterocycles. The number of Topliss-reactive ketones (excluding diaryl/α,β-unsaturated/α-hetero) is 1. The van der Waals surface area contributed by atoms with Gasteiger partial charge in [0, 0.05) is 53.0 Å². The number of nitrogens with zero attached hydrogens (tertiary/aromatic N) is 3. The van der Waals surface area contributed by atoms with Crippen LogP contribution in [0.1, 0.15) is 52.9 Å². The summed E-state index contributed by atoms with van der Waals surface area (Å²) < 4.78 is 4.35. The van der Waals surface area contributed by atoms with Gasteiger partial charge in [0.05, 0.1) is 16.7 Å². The molecule has 0 spiro atoms. The van der Waals surface area contributed by atoms with E-state index in [9.17, 15) is 4.79 Å². The van der Waals surface area contributed by atoms with Crippen molar-refractivity contribution in [1.29, 1.82) is 0 Å². The summed E-state index contributed by atoms with van der Waals surface area (Å²) in [5.74, 6) is 0.698. The second-order valence-electron chi connectivity index (χ2n) is 11.5. The Balaban J connectivity index is 0.000000165. The first-order chi connectivity index (χ1) is 21.5. The minimum Gasteiger partial charge on any atom is -0.399 e. The minimum atomic E-state index is 0.0961. The van der Waals surface area contributed by atoms with Crippen molar-refractivity contribution in [3.63, 3.8) is 0 Å². The molecule has 3 heterocycles. The number of hydrogen-bond donors (Lipinski definition) is 1. The summed E-state index contributed by atoms with van der Waals surface area (Å²) in [4.78, 5) is 16.9. The second-order valence-corrected chi connectivity index (χ2v) is 11.5. The van der Waals surface area contributed by atoms with Crippen LogP contribution in [-0.4, -0.2) is 19.9 Å². The normalized spacial score (nSPS) is 12.7. The number of hydrogen-bond acceptors (Lipinski definition) is 3. The van der Waals surface area contributed by atoms with E-state index < -0.39 is 0 Å². The molecule has 0 bridgehead atoms. The highest BCUT2D eigenvalue weighted by atomic mass is 16.1. The Bertz CT molecular complexity index is 2090. The number of fused-ring (bicyclic) bond motifs is 2. The zero-order valence-corrected chi connectivity index (χ0v) is 24.7. The predicted molar refractivity (Wildman–Crippen MR) is 180 cm³/mol. The van der Waals surface area contributed by atoms with Crippen molar-refractivity contribution in [2.24, 2.45) is 0 Å². The van der Waals surface area contributed by atoms with Gasteiger partial charge in [0.1, 0.15) is 0 Å². The molecule has 5 heteroatoms. The lowest BCUT2D eigenvalue weighted by Gasteiger charge is -2.10. The molecular formula is C39H34N4O. The highest BCUT2D eigenvalue weighted by Gasteiger charge is 2.25. The fraction of sp³-hybridized carbons (Fsp3) is 0.128. The average Bonchev–Trinajstić information content (AvgIpc) is 3.69. The van der Waals surface area contributed by atoms with Gasteiger partial charge in [-0.05, 0) is 103 Å². The standard InChI is InChI=1S/C25H22N2O.C14H12N2/c1-17(28)23-15-21(19-9-10-19)16-26-24(23)13-18-7-8-20-11-12-27(25(20)14-18)22-5-3-2-4-6-22;15-12-7-6-11-8-9-16(14(11)10-12)13-4-2-1-3-5-13/h2-8,11-12,14-16,19H,9-10,13H2,1H3;1-10H,15H2. The van der Waals surface area contributed by atoms with E-state index in [1.54, 1.807) is 6.92 Å². The third-order valence-electron chi connectivity index (χ3n) is 8.33. The van der Waals surface area contributed by atoms with Crippen LogP contribution in [0.3, 0.4) is 0 Å². The fourth-order valence-corrected chi connectivity index (χ4v) is 5.85. The molecule has 1 fully saturated rings. The van der Waals surface area contributed by atoms with Crippen LogP contribution in [0.2, 0.25) is 0 Å². The maximum Gasteiger partial charge on any atom is 0.161 e. The van der Waals surface area contributed by atoms with Crippen molar-refractivity contribution >= 4 is 33.3 Å². The molecule has 0 radical (unpaired) electrons. The molecule has 2 N–H and O–H groups in total. The first-order valence-corrected chi connectivity index (χ1v) is 15.1. The summed E-state index contributed by atoms with van der Waals surface area (Å²) in [6.07, 6.45) is 9.23. The molecule has 216 valence electrons. The number of aromatic nitrogens is 3. The van der Waals surface area contributed by atoms with Crippen LogP contribution in [0, 0.1) is 0 Å². The zero-order valence-electron chi connectivity index (χ0n) is 24.7. The van der Waals surface area contributed by atoms with Crippen LogP contribution in [0.5, 0.6) is 0 Å². The summed E-state index contributed by atoms with van der Waals surface area (Å²) in [5.41, 5.74) is 15.2. The van der Waals surface area contributed by atoms with Gasteiger partial charge in [0.2, 0.25) is 0 Å². The summed E-state index contributed by atoms with van der Waals surface area (Å²) >= 11 is 0. The topological polar surface area (TPSA) is 65.8 Å². The monoisotopic (exact) mass is 574 g/mol. The van der Waals surface area contributed by atoms with E-state index in [4.69, 9.17) is 5.73 Å². The van der Waals surface area contributed by atoms with Crippen LogP contribution in [-0.2, 0) is 6.42 Å². The Morgan fingerprint density at radius 3 is 1.93 bits per heavy atom. The van der Waals surface area contributed by atoms with Crippen LogP contribution in [0.15, 0.2) is 134 Å². The van der Waals surface area contributed by atoms with E-state index in [1.165, 1.54) is 34.7 Å². The molecule has 0 atom stereocenters. The number of para-hydroxylation sites is 2. The molecular weight excluding hydrogens is 540 g/mol. The lowest BCUT2D eigenvalue weighted by Crippen LogP contribution is -2.05. The first kappa shape index (κ1) is 27.4. The number of carbonyl (C=O) groups excluding carboxylic acids is 1. The molecule has 1 saturated carbocycles. The van der Waals surface area contributed by atoms with E-state index in [1.807, 2.05) is 48.7 Å². The molecule has 1 aliphatic carbocycles. The third kappa shape index (κ3) is 5.64. The average molecular weight is 575 g/mol. The van der Waals surface area contributed by atoms with Crippen molar-refractivity contribution < 1.29 is 4.79 Å². The Hall–Kier alpha value is -5.42. The number of nitrogen functional groups attached to an aromatic ring is 1. The maximum absolute atomic E-state index is 12.2. The molecule has 1 aliphatic rings. The molecule has 5 nitrogen and oxygen atoms in total. The van der Waals surface area contributed by atoms with E-state index in [0.717, 1.165) is 39.4 Å². The zero-order chi connectivity index (χ0) is 30.0. The molecule has 0 unspecified atom stereocenters. The highest BCUT2D eigenvalue weighted by molar-refractivity contribution is 5.95. The number of anilines is 1. The first-order valence-electron chi connectivity index (χ1n) is 15.1. The summed E-state index contributed by atoms with van der Waals surface area (Å²) in [5, 5.41) is 2.41. The van der Waals surface area contributed by atoms with Crippen LogP contribution < -0.4 is 5.73 Å². The predicted octanol–water partition coefficient (Wildman–Crippen LogP) is 8.91. The summed E-state index contributed by atoms with van der Waals surface area (Å²) in [7, 11) is 0. The van der Waals surface area contributed by atoms with Gasteiger partial charge in [-0.25, -0.2) is 0 Å². The summed E-state index contributed by atoms with van der Waals surface area (Å²) in [6, 6.07) is 39.4. The lowest BCUT2D eigenvalue weighted by atomic mass is 9.99. The van der Waals surface area contributed by atoms with Crippen LogP contribution >= 0.6 is 0 Å². The van der Waals surface area contributed by atoms with E-state index in [2.05, 4.69) is 99.3 Å². The number of nitrogens with two attached hydrogens (primary N) is 1. The van der Waals surface area contributed by atoms with Crippen molar-refractivity contribution in [2.75, 3.05) is 5.73 Å². The van der Waals surface area contributed by atoms with E-state index in [-0.39, 0.29) is 5.78 Å². The second kappa shape index (κ2) is 11.7. The number of benzene rings is 4. The van der Waals surface area contributed by atoms with Crippen LogP contribution in [0.25, 0.3) is 33.2 Å². The quantitative estimate of drug-likeness (QED) is 0.159. The van der Waals surface area contributed by atoms with Gasteiger partial charge in [-0.2, -0.15) is 0 Å². The SMILES string of the molecule is CC(=O)c1cc(C2CC2)cnc1Cc1ccc2ccn(-c3ccccc3)c2c1.Nc1ccc2ccn(-c3ccccc3)c2c1. The molecule has 7 aromatic rings. The molecule has 4 aromatic carbocycles. The Morgan fingerprint density at radius 1 is 0.750 bits per heavy atom. The molecule has 0 aliphatic heterocycles. The number of pyridine rings is 1. The van der Waals surface area contributed by atoms with E-state index in [0.29, 0.717) is 12.3 Å². The maximum atomic E-state index is 12.2. The molecule has 44 heavy (non-hydrogen) atoms. The van der Waals surface area contributed by atoms with Crippen LogP contribution in [0.4, 0.5) is 5.69 Å². The van der Waals surface area contributed by atoms with Crippen molar-refractivity contribution in [2.45, 2.75) is 32.1 Å². The van der Waals surface area contributed by atoms with Gasteiger partial charge in [-0.3, -0.25) is 9.78 Å². The van der Waals surface area contributed by atoms with Gasteiger partial charge >= 0.3 is 0 Å². The van der Waals surface area contributed by atoms with Crippen molar-refractivity contribution in [1.82, 2.24) is 14.1 Å². The smallest absolute Gasteiger partial charge is 0.161 e. The molecule has 0 amide bonds. The Kier molecular flexibility index (Phi) is 7.29. The third-order valence-corrected chi connectivity index (χ3v) is 8.33. The Labute approximate surface area is 257 Å². The highest BCUT2D eigenvalue weighted by Crippen LogP contribution is 2.40. The van der Waals surface area contributed by atoms with Crippen molar-refractivity contribution in [3.05, 3.63) is 156 Å². The van der Waals surface area contributed by atoms with Crippen molar-refractivity contribution in [3.8, 4) is 11.4 Å². The van der Waals surface area contributed by atoms with E-state index >= 15 is 0 Å². The van der Waals surface area contributed by atoms with Gasteiger partial charge < -0.3 is 14.9 Å². The molecule has 8 rings (SSSR count). The van der Waals surface area contributed by atoms with Gasteiger partial charge in [-0.15, -0.1) is 0 Å². The number of ketones is 1.